The average molecular weight is 170 g/mol. The molecule has 0 aromatic carbocycles. The molecule has 0 aliphatic rings. The third-order valence-electron chi connectivity index (χ3n) is 1.33. The van der Waals surface area contributed by atoms with Gasteiger partial charge in [0.25, 0.3) is 6.47 Å². The van der Waals surface area contributed by atoms with Crippen LogP contribution in [0.15, 0.2) is 17.5 Å². The molecule has 0 aliphatic heterocycles. The van der Waals surface area contributed by atoms with Crippen molar-refractivity contribution in [3.63, 3.8) is 0 Å². The summed E-state index contributed by atoms with van der Waals surface area (Å²) in [5, 5.41) is 2.05. The molecule has 0 radical (unpaired) electrons. The van der Waals surface area contributed by atoms with Gasteiger partial charge in [0, 0.05) is 4.88 Å². The molecule has 0 saturated heterocycles. The highest BCUT2D eigenvalue weighted by atomic mass is 32.1. The number of hydrogen-bond acceptors (Lipinski definition) is 3. The Bertz CT molecular complexity index is 194. The topological polar surface area (TPSA) is 26.3 Å². The molecule has 0 fully saturated rings. The third-order valence-corrected chi connectivity index (χ3v) is 2.27. The summed E-state index contributed by atoms with van der Waals surface area (Å²) in [5.41, 5.74) is 0. The van der Waals surface area contributed by atoms with E-state index in [0.717, 1.165) is 12.8 Å². The largest absolute Gasteiger partial charge is 0.468 e. The number of carbonyl (C=O) groups excluding carboxylic acids is 1. The van der Waals surface area contributed by atoms with E-state index in [4.69, 9.17) is 0 Å². The van der Waals surface area contributed by atoms with E-state index >= 15 is 0 Å². The minimum absolute atomic E-state index is 0.494. The van der Waals surface area contributed by atoms with Crippen LogP contribution in [0.4, 0.5) is 0 Å². The fourth-order valence-corrected chi connectivity index (χ4v) is 1.58. The van der Waals surface area contributed by atoms with Crippen molar-refractivity contribution in [2.24, 2.45) is 0 Å². The maximum Gasteiger partial charge on any atom is 0.293 e. The molecule has 0 unspecified atom stereocenters. The van der Waals surface area contributed by atoms with Crippen molar-refractivity contribution in [3.05, 3.63) is 22.4 Å². The molecule has 1 heterocycles. The van der Waals surface area contributed by atoms with Crippen LogP contribution in [0, 0.1) is 0 Å². The molecule has 1 aromatic heterocycles. The maximum absolute atomic E-state index is 9.75. The van der Waals surface area contributed by atoms with Crippen LogP contribution in [-0.4, -0.2) is 13.1 Å². The first-order valence-electron chi connectivity index (χ1n) is 3.51. The van der Waals surface area contributed by atoms with Crippen LogP contribution < -0.4 is 0 Å². The van der Waals surface area contributed by atoms with Gasteiger partial charge in [-0.1, -0.05) is 6.07 Å². The molecule has 0 amide bonds. The Hall–Kier alpha value is -0.830. The second-order valence-electron chi connectivity index (χ2n) is 2.15. The van der Waals surface area contributed by atoms with Crippen LogP contribution in [0.25, 0.3) is 0 Å². The monoisotopic (exact) mass is 170 g/mol. The van der Waals surface area contributed by atoms with E-state index in [1.807, 2.05) is 6.07 Å². The maximum atomic E-state index is 9.75. The van der Waals surface area contributed by atoms with Gasteiger partial charge in [-0.2, -0.15) is 0 Å². The first-order chi connectivity index (χ1) is 5.43. The van der Waals surface area contributed by atoms with Crippen molar-refractivity contribution < 1.29 is 9.53 Å². The van der Waals surface area contributed by atoms with Gasteiger partial charge in [-0.25, -0.2) is 0 Å². The average Bonchev–Trinajstić information content (AvgIpc) is 2.50. The normalized spacial score (nSPS) is 9.45. The van der Waals surface area contributed by atoms with Gasteiger partial charge < -0.3 is 4.74 Å². The number of aryl methyl sites for hydroxylation is 1. The van der Waals surface area contributed by atoms with Gasteiger partial charge in [0.15, 0.2) is 0 Å². The van der Waals surface area contributed by atoms with Crippen LogP contribution >= 0.6 is 11.3 Å². The van der Waals surface area contributed by atoms with E-state index in [1.165, 1.54) is 4.88 Å². The number of carbonyl (C=O) groups is 1. The molecule has 0 N–H and O–H groups in total. The van der Waals surface area contributed by atoms with Crippen molar-refractivity contribution in [1.82, 2.24) is 0 Å². The zero-order valence-corrected chi connectivity index (χ0v) is 6.97. The minimum Gasteiger partial charge on any atom is -0.468 e. The zero-order chi connectivity index (χ0) is 7.94. The Labute approximate surface area is 69.8 Å². The molecule has 0 bridgehead atoms. The summed E-state index contributed by atoms with van der Waals surface area (Å²) >= 11 is 1.74. The van der Waals surface area contributed by atoms with Crippen molar-refractivity contribution in [2.75, 3.05) is 6.61 Å². The lowest BCUT2D eigenvalue weighted by molar-refractivity contribution is -0.128. The van der Waals surface area contributed by atoms with Gasteiger partial charge in [-0.3, -0.25) is 4.79 Å². The van der Waals surface area contributed by atoms with Crippen molar-refractivity contribution >= 4 is 17.8 Å². The molecule has 2 nitrogen and oxygen atoms in total. The quantitative estimate of drug-likeness (QED) is 0.498. The first kappa shape index (κ1) is 8.27. The highest BCUT2D eigenvalue weighted by Crippen LogP contribution is 2.10. The SMILES string of the molecule is O=COCCCc1cccs1. The van der Waals surface area contributed by atoms with E-state index in [1.54, 1.807) is 11.3 Å². The Morgan fingerprint density at radius 1 is 1.64 bits per heavy atom. The van der Waals surface area contributed by atoms with Crippen LogP contribution in [0.5, 0.6) is 0 Å². The van der Waals surface area contributed by atoms with Gasteiger partial charge in [0.2, 0.25) is 0 Å². The minimum atomic E-state index is 0.494. The van der Waals surface area contributed by atoms with Crippen LogP contribution in [0.1, 0.15) is 11.3 Å². The third kappa shape index (κ3) is 3.18. The zero-order valence-electron chi connectivity index (χ0n) is 6.16. The predicted octanol–water partition coefficient (Wildman–Crippen LogP) is 1.85. The van der Waals surface area contributed by atoms with Gasteiger partial charge in [-0.15, -0.1) is 11.3 Å². The molecule has 11 heavy (non-hydrogen) atoms. The summed E-state index contributed by atoms with van der Waals surface area (Å²) in [5.74, 6) is 0. The molecule has 60 valence electrons. The first-order valence-corrected chi connectivity index (χ1v) is 4.39. The number of hydrogen-bond donors (Lipinski definition) is 0. The van der Waals surface area contributed by atoms with Gasteiger partial charge >= 0.3 is 0 Å². The van der Waals surface area contributed by atoms with E-state index in [9.17, 15) is 4.79 Å². The summed E-state index contributed by atoms with van der Waals surface area (Å²) in [7, 11) is 0. The Balaban J connectivity index is 2.09. The molecule has 3 heteroatoms. The second kappa shape index (κ2) is 4.91. The predicted molar refractivity (Wildman–Crippen MR) is 44.7 cm³/mol. The van der Waals surface area contributed by atoms with Crippen LogP contribution in [-0.2, 0) is 16.0 Å². The molecular formula is C8H10O2S. The Morgan fingerprint density at radius 3 is 3.18 bits per heavy atom. The van der Waals surface area contributed by atoms with Crippen LogP contribution in [0.3, 0.4) is 0 Å². The van der Waals surface area contributed by atoms with E-state index in [-0.39, 0.29) is 0 Å². The van der Waals surface area contributed by atoms with Crippen LogP contribution in [0.2, 0.25) is 0 Å². The molecule has 0 atom stereocenters. The lowest BCUT2D eigenvalue weighted by atomic mass is 10.3. The molecule has 0 spiro atoms. The highest BCUT2D eigenvalue weighted by Gasteiger charge is 1.92. The Morgan fingerprint density at radius 2 is 2.55 bits per heavy atom. The van der Waals surface area contributed by atoms with Crippen molar-refractivity contribution in [2.45, 2.75) is 12.8 Å². The number of thiophene rings is 1. The smallest absolute Gasteiger partial charge is 0.293 e. The van der Waals surface area contributed by atoms with Crippen molar-refractivity contribution in [1.29, 1.82) is 0 Å². The lowest BCUT2D eigenvalue weighted by Crippen LogP contribution is -1.92. The van der Waals surface area contributed by atoms with Gasteiger partial charge in [0.1, 0.15) is 0 Å². The van der Waals surface area contributed by atoms with Gasteiger partial charge in [-0.05, 0) is 24.3 Å². The lowest BCUT2D eigenvalue weighted by Gasteiger charge is -1.95. The standard InChI is InChI=1S/C8H10O2S/c9-7-10-5-1-3-8-4-2-6-11-8/h2,4,6-7H,1,3,5H2. The summed E-state index contributed by atoms with van der Waals surface area (Å²) in [6.07, 6.45) is 1.92. The molecule has 1 rings (SSSR count). The molecule has 0 saturated carbocycles. The molecule has 0 aliphatic carbocycles. The number of ether oxygens (including phenoxy) is 1. The Kier molecular flexibility index (Phi) is 3.69. The summed E-state index contributed by atoms with van der Waals surface area (Å²) in [6.45, 7) is 1.02. The summed E-state index contributed by atoms with van der Waals surface area (Å²) in [6, 6.07) is 4.12. The highest BCUT2D eigenvalue weighted by molar-refractivity contribution is 7.09. The van der Waals surface area contributed by atoms with E-state index < -0.39 is 0 Å². The summed E-state index contributed by atoms with van der Waals surface area (Å²) < 4.78 is 4.56. The van der Waals surface area contributed by atoms with E-state index in [2.05, 4.69) is 16.2 Å². The number of rotatable bonds is 5. The fourth-order valence-electron chi connectivity index (χ4n) is 0.833. The van der Waals surface area contributed by atoms with Gasteiger partial charge in [0.05, 0.1) is 6.61 Å². The summed E-state index contributed by atoms with van der Waals surface area (Å²) in [4.78, 5) is 11.1. The molecular weight excluding hydrogens is 160 g/mol. The second-order valence-corrected chi connectivity index (χ2v) is 3.18. The van der Waals surface area contributed by atoms with Crippen molar-refractivity contribution in [3.8, 4) is 0 Å². The fraction of sp³-hybridized carbons (Fsp3) is 0.375. The molecule has 1 aromatic rings. The van der Waals surface area contributed by atoms with E-state index in [0.29, 0.717) is 13.1 Å².